The predicted octanol–water partition coefficient (Wildman–Crippen LogP) is 4.35. The molecule has 0 aromatic heterocycles. The van der Waals surface area contributed by atoms with Gasteiger partial charge in [-0.3, -0.25) is 4.79 Å². The predicted molar refractivity (Wildman–Crippen MR) is 86.8 cm³/mol. The SMILES string of the molecule is CCCC(Br)CNC(=O)c1cc(I)ccc1Br. The number of hydrogen-bond donors (Lipinski definition) is 1. The molecule has 0 spiro atoms. The zero-order valence-corrected chi connectivity index (χ0v) is 14.8. The van der Waals surface area contributed by atoms with Gasteiger partial charge in [0.1, 0.15) is 0 Å². The largest absolute Gasteiger partial charge is 0.351 e. The van der Waals surface area contributed by atoms with Gasteiger partial charge in [0.05, 0.1) is 5.56 Å². The van der Waals surface area contributed by atoms with E-state index in [4.69, 9.17) is 0 Å². The first kappa shape index (κ1) is 15.4. The summed E-state index contributed by atoms with van der Waals surface area (Å²) in [6.07, 6.45) is 2.17. The molecular formula is C12H14Br2INO. The number of nitrogens with one attached hydrogen (secondary N) is 1. The number of carbonyl (C=O) groups excluding carboxylic acids is 1. The third-order valence-corrected chi connectivity index (χ3v) is 4.40. The quantitative estimate of drug-likeness (QED) is 0.499. The maximum Gasteiger partial charge on any atom is 0.252 e. The molecule has 1 atom stereocenters. The second-order valence-corrected chi connectivity index (χ2v) is 7.12. The van der Waals surface area contributed by atoms with E-state index in [2.05, 4.69) is 66.7 Å². The number of benzene rings is 1. The van der Waals surface area contributed by atoms with Crippen LogP contribution in [0.3, 0.4) is 0 Å². The molecule has 0 fully saturated rings. The Bertz CT molecular complexity index is 398. The van der Waals surface area contributed by atoms with Crippen LogP contribution >= 0.6 is 54.5 Å². The summed E-state index contributed by atoms with van der Waals surface area (Å²) in [5.74, 6) is -0.0315. The Balaban J connectivity index is 2.61. The first-order valence-corrected chi connectivity index (χ1v) is 8.20. The molecule has 1 aromatic rings. The van der Waals surface area contributed by atoms with E-state index in [-0.39, 0.29) is 5.91 Å². The molecule has 1 N–H and O–H groups in total. The second kappa shape index (κ2) is 7.74. The summed E-state index contributed by atoms with van der Waals surface area (Å²) in [6, 6.07) is 5.74. The van der Waals surface area contributed by atoms with Crippen LogP contribution in [0.1, 0.15) is 30.1 Å². The smallest absolute Gasteiger partial charge is 0.252 e. The molecule has 0 aliphatic rings. The highest BCUT2D eigenvalue weighted by atomic mass is 127. The number of halogens is 3. The van der Waals surface area contributed by atoms with Gasteiger partial charge in [-0.1, -0.05) is 29.3 Å². The van der Waals surface area contributed by atoms with Gasteiger partial charge in [-0.2, -0.15) is 0 Å². The highest BCUT2D eigenvalue weighted by Crippen LogP contribution is 2.19. The van der Waals surface area contributed by atoms with Crippen molar-refractivity contribution in [3.63, 3.8) is 0 Å². The molecule has 17 heavy (non-hydrogen) atoms. The van der Waals surface area contributed by atoms with Gasteiger partial charge in [0.25, 0.3) is 5.91 Å². The maximum absolute atomic E-state index is 12.0. The van der Waals surface area contributed by atoms with E-state index in [9.17, 15) is 4.79 Å². The molecule has 0 heterocycles. The van der Waals surface area contributed by atoms with Crippen molar-refractivity contribution in [2.75, 3.05) is 6.54 Å². The summed E-state index contributed by atoms with van der Waals surface area (Å²) in [5.41, 5.74) is 0.688. The monoisotopic (exact) mass is 473 g/mol. The standard InChI is InChI=1S/C12H14Br2INO/c1-2-3-8(13)7-16-12(17)10-6-9(15)4-5-11(10)14/h4-6,8H,2-3,7H2,1H3,(H,16,17). The molecule has 1 rings (SSSR count). The minimum absolute atomic E-state index is 0.0315. The highest BCUT2D eigenvalue weighted by molar-refractivity contribution is 14.1. The van der Waals surface area contributed by atoms with E-state index in [0.29, 0.717) is 16.9 Å². The van der Waals surface area contributed by atoms with Crippen molar-refractivity contribution in [3.05, 3.63) is 31.8 Å². The Morgan fingerprint density at radius 3 is 2.88 bits per heavy atom. The van der Waals surface area contributed by atoms with Crippen LogP contribution in [0.5, 0.6) is 0 Å². The molecule has 0 aliphatic carbocycles. The van der Waals surface area contributed by atoms with Crippen LogP contribution in [0.15, 0.2) is 22.7 Å². The Hall–Kier alpha value is 0.380. The van der Waals surface area contributed by atoms with Crippen molar-refractivity contribution in [3.8, 4) is 0 Å². The van der Waals surface area contributed by atoms with Crippen LogP contribution in [-0.2, 0) is 0 Å². The van der Waals surface area contributed by atoms with Crippen LogP contribution in [0.4, 0.5) is 0 Å². The molecule has 0 radical (unpaired) electrons. The Labute approximate surface area is 132 Å². The lowest BCUT2D eigenvalue weighted by Gasteiger charge is -2.11. The zero-order chi connectivity index (χ0) is 12.8. The Morgan fingerprint density at radius 1 is 1.53 bits per heavy atom. The molecule has 1 amide bonds. The Morgan fingerprint density at radius 2 is 2.24 bits per heavy atom. The second-order valence-electron chi connectivity index (χ2n) is 3.72. The van der Waals surface area contributed by atoms with E-state index in [1.54, 1.807) is 0 Å². The number of amides is 1. The van der Waals surface area contributed by atoms with Gasteiger partial charge in [0.15, 0.2) is 0 Å². The van der Waals surface area contributed by atoms with Gasteiger partial charge < -0.3 is 5.32 Å². The third-order valence-electron chi connectivity index (χ3n) is 2.26. The molecule has 0 bridgehead atoms. The minimum Gasteiger partial charge on any atom is -0.351 e. The summed E-state index contributed by atoms with van der Waals surface area (Å²) in [7, 11) is 0. The van der Waals surface area contributed by atoms with Crippen molar-refractivity contribution >= 4 is 60.4 Å². The van der Waals surface area contributed by atoms with Gasteiger partial charge >= 0.3 is 0 Å². The van der Waals surface area contributed by atoms with E-state index in [1.165, 1.54) is 0 Å². The summed E-state index contributed by atoms with van der Waals surface area (Å²) in [5, 5.41) is 2.93. The van der Waals surface area contributed by atoms with Gasteiger partial charge in [-0.05, 0) is 63.1 Å². The van der Waals surface area contributed by atoms with Gasteiger partial charge in [0, 0.05) is 19.4 Å². The van der Waals surface area contributed by atoms with Crippen LogP contribution in [-0.4, -0.2) is 17.3 Å². The summed E-state index contributed by atoms with van der Waals surface area (Å²) in [6.45, 7) is 2.79. The van der Waals surface area contributed by atoms with Crippen molar-refractivity contribution in [2.45, 2.75) is 24.6 Å². The van der Waals surface area contributed by atoms with Crippen LogP contribution in [0.2, 0.25) is 0 Å². The van der Waals surface area contributed by atoms with Crippen molar-refractivity contribution < 1.29 is 4.79 Å². The minimum atomic E-state index is -0.0315. The lowest BCUT2D eigenvalue weighted by molar-refractivity contribution is 0.0953. The van der Waals surface area contributed by atoms with Crippen molar-refractivity contribution in [1.82, 2.24) is 5.32 Å². The average Bonchev–Trinajstić information content (AvgIpc) is 2.29. The number of rotatable bonds is 5. The molecule has 0 saturated heterocycles. The molecule has 1 aromatic carbocycles. The summed E-state index contributed by atoms with van der Waals surface area (Å²) < 4.78 is 1.89. The molecular weight excluding hydrogens is 461 g/mol. The van der Waals surface area contributed by atoms with Gasteiger partial charge in [-0.25, -0.2) is 0 Å². The molecule has 2 nitrogen and oxygen atoms in total. The summed E-state index contributed by atoms with van der Waals surface area (Å²) in [4.78, 5) is 12.3. The molecule has 94 valence electrons. The van der Waals surface area contributed by atoms with Gasteiger partial charge in [-0.15, -0.1) is 0 Å². The Kier molecular flexibility index (Phi) is 7.02. The highest BCUT2D eigenvalue weighted by Gasteiger charge is 2.11. The molecule has 5 heteroatoms. The molecule has 0 saturated carbocycles. The summed E-state index contributed by atoms with van der Waals surface area (Å²) >= 11 is 9.14. The zero-order valence-electron chi connectivity index (χ0n) is 9.47. The first-order valence-electron chi connectivity index (χ1n) is 5.42. The van der Waals surface area contributed by atoms with Crippen molar-refractivity contribution in [1.29, 1.82) is 0 Å². The van der Waals surface area contributed by atoms with Crippen LogP contribution < -0.4 is 5.32 Å². The maximum atomic E-state index is 12.0. The van der Waals surface area contributed by atoms with Crippen LogP contribution in [0.25, 0.3) is 0 Å². The number of hydrogen-bond acceptors (Lipinski definition) is 1. The fourth-order valence-corrected chi connectivity index (χ4v) is 2.92. The fraction of sp³-hybridized carbons (Fsp3) is 0.417. The van der Waals surface area contributed by atoms with Gasteiger partial charge in [0.2, 0.25) is 0 Å². The van der Waals surface area contributed by atoms with Crippen LogP contribution in [0, 0.1) is 3.57 Å². The lowest BCUT2D eigenvalue weighted by atomic mass is 10.2. The van der Waals surface area contributed by atoms with E-state index >= 15 is 0 Å². The normalized spacial score (nSPS) is 12.2. The topological polar surface area (TPSA) is 29.1 Å². The lowest BCUT2D eigenvalue weighted by Crippen LogP contribution is -2.29. The molecule has 0 aliphatic heterocycles. The molecule has 1 unspecified atom stereocenters. The van der Waals surface area contributed by atoms with E-state index < -0.39 is 0 Å². The number of alkyl halides is 1. The average molecular weight is 475 g/mol. The van der Waals surface area contributed by atoms with Crippen molar-refractivity contribution in [2.24, 2.45) is 0 Å². The third kappa shape index (κ3) is 5.26. The van der Waals surface area contributed by atoms with E-state index in [0.717, 1.165) is 20.9 Å². The first-order chi connectivity index (χ1) is 8.04. The van der Waals surface area contributed by atoms with E-state index in [1.807, 2.05) is 18.2 Å². The number of carbonyl (C=O) groups is 1. The fourth-order valence-electron chi connectivity index (χ4n) is 1.39.